The highest BCUT2D eigenvalue weighted by Gasteiger charge is 1.99. The van der Waals surface area contributed by atoms with E-state index in [0.29, 0.717) is 0 Å². The maximum atomic E-state index is 11.1. The first-order valence-electron chi connectivity index (χ1n) is 5.00. The van der Waals surface area contributed by atoms with E-state index in [1.165, 1.54) is 6.20 Å². The molecule has 16 heavy (non-hydrogen) atoms. The van der Waals surface area contributed by atoms with E-state index in [9.17, 15) is 4.79 Å². The molecule has 0 radical (unpaired) electrons. The SMILES string of the molecule is CN(C)c1ccc(-c2ccnc(=O)[nH]2)cc1. The molecule has 1 N–H and O–H groups in total. The second-order valence-electron chi connectivity index (χ2n) is 3.73. The van der Waals surface area contributed by atoms with E-state index in [4.69, 9.17) is 0 Å². The lowest BCUT2D eigenvalue weighted by Gasteiger charge is -2.12. The molecule has 2 aromatic rings. The van der Waals surface area contributed by atoms with Gasteiger partial charge in [0.1, 0.15) is 0 Å². The van der Waals surface area contributed by atoms with Crippen LogP contribution in [0, 0.1) is 0 Å². The summed E-state index contributed by atoms with van der Waals surface area (Å²) in [6.07, 6.45) is 1.51. The third-order valence-electron chi connectivity index (χ3n) is 2.37. The molecular formula is C12H13N3O. The van der Waals surface area contributed by atoms with Crippen molar-refractivity contribution in [1.29, 1.82) is 0 Å². The third-order valence-corrected chi connectivity index (χ3v) is 2.37. The lowest BCUT2D eigenvalue weighted by Crippen LogP contribution is -2.10. The van der Waals surface area contributed by atoms with Crippen LogP contribution in [0.4, 0.5) is 5.69 Å². The first-order valence-corrected chi connectivity index (χ1v) is 5.00. The molecule has 2 rings (SSSR count). The third kappa shape index (κ3) is 2.11. The number of rotatable bonds is 2. The van der Waals surface area contributed by atoms with Crippen molar-refractivity contribution in [3.8, 4) is 11.3 Å². The predicted molar refractivity (Wildman–Crippen MR) is 64.6 cm³/mol. The van der Waals surface area contributed by atoms with Gasteiger partial charge in [0.15, 0.2) is 0 Å². The maximum absolute atomic E-state index is 11.1. The minimum atomic E-state index is -0.325. The van der Waals surface area contributed by atoms with Gasteiger partial charge in [-0.1, -0.05) is 12.1 Å². The number of nitrogens with zero attached hydrogens (tertiary/aromatic N) is 2. The van der Waals surface area contributed by atoms with Crippen LogP contribution in [-0.2, 0) is 0 Å². The fraction of sp³-hybridized carbons (Fsp3) is 0.167. The molecule has 1 aromatic heterocycles. The van der Waals surface area contributed by atoms with E-state index >= 15 is 0 Å². The standard InChI is InChI=1S/C12H13N3O/c1-15(2)10-5-3-9(4-6-10)11-7-8-13-12(16)14-11/h3-8H,1-2H3,(H,13,14,16). The number of hydrogen-bond acceptors (Lipinski definition) is 3. The van der Waals surface area contributed by atoms with E-state index < -0.39 is 0 Å². The Morgan fingerprint density at radius 1 is 1.12 bits per heavy atom. The number of aromatic nitrogens is 2. The van der Waals surface area contributed by atoms with Crippen LogP contribution in [0.15, 0.2) is 41.3 Å². The zero-order valence-corrected chi connectivity index (χ0v) is 9.27. The fourth-order valence-corrected chi connectivity index (χ4v) is 1.48. The Balaban J connectivity index is 2.38. The summed E-state index contributed by atoms with van der Waals surface area (Å²) in [6, 6.07) is 9.75. The van der Waals surface area contributed by atoms with E-state index in [-0.39, 0.29) is 5.69 Å². The van der Waals surface area contributed by atoms with Crippen LogP contribution in [0.2, 0.25) is 0 Å². The molecule has 0 spiro atoms. The second kappa shape index (κ2) is 4.18. The van der Waals surface area contributed by atoms with Crippen LogP contribution in [0.25, 0.3) is 11.3 Å². The first kappa shape index (κ1) is 10.4. The van der Waals surface area contributed by atoms with Crippen LogP contribution in [0.1, 0.15) is 0 Å². The molecule has 0 fully saturated rings. The van der Waals surface area contributed by atoms with Crippen molar-refractivity contribution < 1.29 is 0 Å². The molecule has 1 heterocycles. The number of benzene rings is 1. The lowest BCUT2D eigenvalue weighted by molar-refractivity contribution is 1.08. The summed E-state index contributed by atoms with van der Waals surface area (Å²) < 4.78 is 0. The van der Waals surface area contributed by atoms with Crippen molar-refractivity contribution in [1.82, 2.24) is 9.97 Å². The number of nitrogens with one attached hydrogen (secondary N) is 1. The highest BCUT2D eigenvalue weighted by Crippen LogP contribution is 2.19. The van der Waals surface area contributed by atoms with Gasteiger partial charge in [0.05, 0.1) is 5.69 Å². The highest BCUT2D eigenvalue weighted by atomic mass is 16.1. The van der Waals surface area contributed by atoms with E-state index in [0.717, 1.165) is 16.9 Å². The molecule has 0 saturated heterocycles. The molecule has 0 aliphatic carbocycles. The molecule has 0 aliphatic heterocycles. The molecule has 0 aliphatic rings. The summed E-state index contributed by atoms with van der Waals surface area (Å²) in [4.78, 5) is 19.4. The molecule has 0 amide bonds. The summed E-state index contributed by atoms with van der Waals surface area (Å²) in [7, 11) is 3.98. The minimum absolute atomic E-state index is 0.325. The number of anilines is 1. The van der Waals surface area contributed by atoms with Crippen LogP contribution >= 0.6 is 0 Å². The molecule has 0 bridgehead atoms. The second-order valence-corrected chi connectivity index (χ2v) is 3.73. The van der Waals surface area contributed by atoms with Gasteiger partial charge in [-0.05, 0) is 23.8 Å². The van der Waals surface area contributed by atoms with E-state index in [2.05, 4.69) is 9.97 Å². The number of H-pyrrole nitrogens is 1. The van der Waals surface area contributed by atoms with Gasteiger partial charge in [-0.15, -0.1) is 0 Å². The summed E-state index contributed by atoms with van der Waals surface area (Å²) >= 11 is 0. The maximum Gasteiger partial charge on any atom is 0.345 e. The Labute approximate surface area is 93.6 Å². The van der Waals surface area contributed by atoms with Gasteiger partial charge >= 0.3 is 5.69 Å². The Kier molecular flexibility index (Phi) is 2.72. The minimum Gasteiger partial charge on any atom is -0.378 e. The normalized spacial score (nSPS) is 10.1. The molecule has 0 unspecified atom stereocenters. The Bertz CT molecular complexity index is 528. The topological polar surface area (TPSA) is 49.0 Å². The first-order chi connectivity index (χ1) is 7.66. The summed E-state index contributed by atoms with van der Waals surface area (Å²) in [5.41, 5.74) is 2.56. The van der Waals surface area contributed by atoms with Crippen molar-refractivity contribution in [3.63, 3.8) is 0 Å². The summed E-state index contributed by atoms with van der Waals surface area (Å²) in [5, 5.41) is 0. The predicted octanol–water partition coefficient (Wildman–Crippen LogP) is 1.50. The van der Waals surface area contributed by atoms with E-state index in [1.54, 1.807) is 6.07 Å². The van der Waals surface area contributed by atoms with Crippen molar-refractivity contribution in [2.24, 2.45) is 0 Å². The molecule has 0 saturated carbocycles. The largest absolute Gasteiger partial charge is 0.378 e. The van der Waals surface area contributed by atoms with Crippen molar-refractivity contribution in [2.45, 2.75) is 0 Å². The van der Waals surface area contributed by atoms with Gasteiger partial charge in [0.2, 0.25) is 0 Å². The molecule has 1 aromatic carbocycles. The van der Waals surface area contributed by atoms with E-state index in [1.807, 2.05) is 43.3 Å². The Morgan fingerprint density at radius 3 is 2.38 bits per heavy atom. The highest BCUT2D eigenvalue weighted by molar-refractivity contribution is 5.62. The fourth-order valence-electron chi connectivity index (χ4n) is 1.48. The Morgan fingerprint density at radius 2 is 1.81 bits per heavy atom. The van der Waals surface area contributed by atoms with Gasteiger partial charge in [-0.25, -0.2) is 9.78 Å². The van der Waals surface area contributed by atoms with Crippen LogP contribution in [-0.4, -0.2) is 24.1 Å². The molecule has 4 nitrogen and oxygen atoms in total. The van der Waals surface area contributed by atoms with Gasteiger partial charge < -0.3 is 9.88 Å². The van der Waals surface area contributed by atoms with Gasteiger partial charge in [-0.2, -0.15) is 0 Å². The quantitative estimate of drug-likeness (QED) is 0.826. The number of aromatic amines is 1. The van der Waals surface area contributed by atoms with Crippen LogP contribution in [0.3, 0.4) is 0 Å². The van der Waals surface area contributed by atoms with Gasteiger partial charge in [0, 0.05) is 26.0 Å². The molecule has 0 atom stereocenters. The average Bonchev–Trinajstić information content (AvgIpc) is 2.29. The van der Waals surface area contributed by atoms with Crippen molar-refractivity contribution in [2.75, 3.05) is 19.0 Å². The molecule has 4 heteroatoms. The van der Waals surface area contributed by atoms with Gasteiger partial charge in [-0.3, -0.25) is 0 Å². The van der Waals surface area contributed by atoms with Gasteiger partial charge in [0.25, 0.3) is 0 Å². The average molecular weight is 215 g/mol. The summed E-state index contributed by atoms with van der Waals surface area (Å²) in [6.45, 7) is 0. The smallest absolute Gasteiger partial charge is 0.345 e. The number of hydrogen-bond donors (Lipinski definition) is 1. The van der Waals surface area contributed by atoms with Crippen molar-refractivity contribution >= 4 is 5.69 Å². The van der Waals surface area contributed by atoms with Crippen LogP contribution in [0.5, 0.6) is 0 Å². The molecular weight excluding hydrogens is 202 g/mol. The summed E-state index contributed by atoms with van der Waals surface area (Å²) in [5.74, 6) is 0. The Hall–Kier alpha value is -2.10. The van der Waals surface area contributed by atoms with Crippen molar-refractivity contribution in [3.05, 3.63) is 47.0 Å². The molecule has 82 valence electrons. The van der Waals surface area contributed by atoms with Crippen LogP contribution < -0.4 is 10.6 Å². The monoisotopic (exact) mass is 215 g/mol. The lowest BCUT2D eigenvalue weighted by atomic mass is 10.1. The zero-order valence-electron chi connectivity index (χ0n) is 9.27. The zero-order chi connectivity index (χ0) is 11.5.